The van der Waals surface area contributed by atoms with E-state index in [1.807, 2.05) is 37.3 Å². The lowest BCUT2D eigenvalue weighted by atomic mass is 9.90. The van der Waals surface area contributed by atoms with Gasteiger partial charge in [-0.3, -0.25) is 4.79 Å². The number of carbonyl (C=O) groups excluding carboxylic acids is 1. The van der Waals surface area contributed by atoms with E-state index < -0.39 is 20.7 Å². The molecular formula is C22H29NO4S. The summed E-state index contributed by atoms with van der Waals surface area (Å²) >= 11 is 0. The predicted molar refractivity (Wildman–Crippen MR) is 111 cm³/mol. The fourth-order valence-electron chi connectivity index (χ4n) is 3.07. The van der Waals surface area contributed by atoms with E-state index >= 15 is 0 Å². The zero-order valence-electron chi connectivity index (χ0n) is 16.9. The molecule has 2 aromatic carbocycles. The Morgan fingerprint density at radius 2 is 1.68 bits per heavy atom. The molecule has 0 fully saturated rings. The number of hydrogen-bond donors (Lipinski definition) is 1. The number of sulfone groups is 1. The van der Waals surface area contributed by atoms with Crippen LogP contribution in [-0.4, -0.2) is 33.2 Å². The van der Waals surface area contributed by atoms with E-state index in [0.717, 1.165) is 17.5 Å². The van der Waals surface area contributed by atoms with Crippen LogP contribution in [0.1, 0.15) is 38.3 Å². The Kier molecular flexibility index (Phi) is 7.38. The van der Waals surface area contributed by atoms with E-state index in [-0.39, 0.29) is 17.2 Å². The third kappa shape index (κ3) is 5.00. The predicted octanol–water partition coefficient (Wildman–Crippen LogP) is 3.48. The zero-order valence-corrected chi connectivity index (χ0v) is 17.8. The molecule has 0 saturated carbocycles. The summed E-state index contributed by atoms with van der Waals surface area (Å²) in [6, 6.07) is 16.3. The van der Waals surface area contributed by atoms with Crippen LogP contribution in [0.5, 0.6) is 0 Å². The highest BCUT2D eigenvalue weighted by molar-refractivity contribution is 7.92. The van der Waals surface area contributed by atoms with Gasteiger partial charge in [-0.2, -0.15) is 0 Å². The van der Waals surface area contributed by atoms with Crippen molar-refractivity contribution >= 4 is 15.7 Å². The van der Waals surface area contributed by atoms with Crippen LogP contribution in [0.15, 0.2) is 59.5 Å². The molecule has 0 unspecified atom stereocenters. The van der Waals surface area contributed by atoms with Crippen LogP contribution >= 0.6 is 0 Å². The van der Waals surface area contributed by atoms with Crippen molar-refractivity contribution in [3.05, 3.63) is 65.7 Å². The Morgan fingerprint density at radius 3 is 2.18 bits per heavy atom. The minimum Gasteiger partial charge on any atom is -0.372 e. The van der Waals surface area contributed by atoms with Crippen LogP contribution in [0, 0.1) is 0 Å². The lowest BCUT2D eigenvalue weighted by molar-refractivity contribution is -0.122. The molecule has 0 aliphatic carbocycles. The van der Waals surface area contributed by atoms with Gasteiger partial charge in [0.25, 0.3) is 0 Å². The second-order valence-electron chi connectivity index (χ2n) is 7.11. The summed E-state index contributed by atoms with van der Waals surface area (Å²) in [5, 5.41) is 2.48. The van der Waals surface area contributed by atoms with Gasteiger partial charge in [-0.1, -0.05) is 49.4 Å². The van der Waals surface area contributed by atoms with Gasteiger partial charge in [-0.15, -0.1) is 0 Å². The van der Waals surface area contributed by atoms with Crippen molar-refractivity contribution in [3.63, 3.8) is 0 Å². The number of hydrogen-bond acceptors (Lipinski definition) is 4. The summed E-state index contributed by atoms with van der Waals surface area (Å²) in [7, 11) is -1.66. The van der Waals surface area contributed by atoms with Gasteiger partial charge in [0, 0.05) is 7.11 Å². The fraction of sp³-hybridized carbons (Fsp3) is 0.409. The van der Waals surface area contributed by atoms with Gasteiger partial charge in [0.05, 0.1) is 23.1 Å². The maximum atomic E-state index is 12.4. The molecule has 2 rings (SSSR count). The Labute approximate surface area is 168 Å². The van der Waals surface area contributed by atoms with Crippen molar-refractivity contribution in [2.45, 2.75) is 49.4 Å². The molecule has 1 N–H and O–H groups in total. The number of ether oxygens (including phenoxy) is 1. The van der Waals surface area contributed by atoms with Gasteiger partial charge in [0.15, 0.2) is 9.84 Å². The van der Waals surface area contributed by atoms with E-state index in [0.29, 0.717) is 6.54 Å². The maximum Gasteiger partial charge on any atom is 0.224 e. The molecule has 1 atom stereocenters. The van der Waals surface area contributed by atoms with Crippen LogP contribution in [0.3, 0.4) is 0 Å². The van der Waals surface area contributed by atoms with Crippen molar-refractivity contribution in [2.24, 2.45) is 0 Å². The van der Waals surface area contributed by atoms with E-state index in [4.69, 9.17) is 4.74 Å². The van der Waals surface area contributed by atoms with Crippen LogP contribution in [0.4, 0.5) is 0 Å². The highest BCUT2D eigenvalue weighted by Gasteiger charge is 2.30. The third-order valence-electron chi connectivity index (χ3n) is 5.07. The van der Waals surface area contributed by atoms with Crippen molar-refractivity contribution in [1.29, 1.82) is 0 Å². The molecule has 0 bridgehead atoms. The van der Waals surface area contributed by atoms with Crippen LogP contribution in [0.25, 0.3) is 0 Å². The summed E-state index contributed by atoms with van der Waals surface area (Å²) in [6.07, 6.45) is 0.899. The molecule has 0 saturated heterocycles. The monoisotopic (exact) mass is 403 g/mol. The number of amides is 1. The second-order valence-corrected chi connectivity index (χ2v) is 9.61. The summed E-state index contributed by atoms with van der Waals surface area (Å²) < 4.78 is 30.1. The largest absolute Gasteiger partial charge is 0.372 e. The van der Waals surface area contributed by atoms with E-state index in [1.54, 1.807) is 45.2 Å². The lowest BCUT2D eigenvalue weighted by Crippen LogP contribution is -2.42. The summed E-state index contributed by atoms with van der Waals surface area (Å²) in [5.41, 5.74) is 1.20. The smallest absolute Gasteiger partial charge is 0.224 e. The molecule has 0 aromatic heterocycles. The molecule has 152 valence electrons. The molecule has 0 aliphatic rings. The lowest BCUT2D eigenvalue weighted by Gasteiger charge is -2.32. The SMILES string of the molecule is CC[C@@](CNC(=O)Cc1ccc(S(=O)(=O)C(C)C)cc1)(OC)c1ccccc1. The maximum absolute atomic E-state index is 12.4. The Hall–Kier alpha value is -2.18. The standard InChI is InChI=1S/C22H29NO4S/c1-5-22(27-4,19-9-7-6-8-10-19)16-23-21(24)15-18-11-13-20(14-12-18)28(25,26)17(2)3/h6-14,17H,5,15-16H2,1-4H3,(H,23,24)/t22-/m0/s1. The quantitative estimate of drug-likeness (QED) is 0.696. The fourth-order valence-corrected chi connectivity index (χ4v) is 4.13. The summed E-state index contributed by atoms with van der Waals surface area (Å²) in [6.45, 7) is 5.69. The first-order chi connectivity index (χ1) is 13.2. The normalized spacial score (nSPS) is 13.9. The second kappa shape index (κ2) is 9.34. The summed E-state index contributed by atoms with van der Waals surface area (Å²) in [5.74, 6) is -0.134. The first-order valence-corrected chi connectivity index (χ1v) is 11.0. The van der Waals surface area contributed by atoms with Crippen molar-refractivity contribution in [2.75, 3.05) is 13.7 Å². The molecule has 1 amide bonds. The highest BCUT2D eigenvalue weighted by Crippen LogP contribution is 2.28. The minimum atomic E-state index is -3.31. The molecule has 6 heteroatoms. The zero-order chi connectivity index (χ0) is 20.8. The van der Waals surface area contributed by atoms with Gasteiger partial charge < -0.3 is 10.1 Å². The van der Waals surface area contributed by atoms with Gasteiger partial charge in [-0.05, 0) is 43.5 Å². The molecule has 0 radical (unpaired) electrons. The number of benzene rings is 2. The minimum absolute atomic E-state index is 0.134. The number of nitrogens with one attached hydrogen (secondary N) is 1. The number of methoxy groups -OCH3 is 1. The van der Waals surface area contributed by atoms with Gasteiger partial charge in [0.2, 0.25) is 5.91 Å². The topological polar surface area (TPSA) is 72.5 Å². The third-order valence-corrected chi connectivity index (χ3v) is 7.24. The Morgan fingerprint density at radius 1 is 1.07 bits per heavy atom. The van der Waals surface area contributed by atoms with E-state index in [2.05, 4.69) is 5.32 Å². The van der Waals surface area contributed by atoms with Crippen molar-refractivity contribution < 1.29 is 17.9 Å². The number of carbonyl (C=O) groups is 1. The molecule has 5 nitrogen and oxygen atoms in total. The Bertz CT molecular complexity index is 871. The average Bonchev–Trinajstić information content (AvgIpc) is 2.70. The van der Waals surface area contributed by atoms with Crippen molar-refractivity contribution in [3.8, 4) is 0 Å². The molecule has 2 aromatic rings. The molecular weight excluding hydrogens is 374 g/mol. The molecule has 0 aliphatic heterocycles. The van der Waals surface area contributed by atoms with Crippen LogP contribution < -0.4 is 5.32 Å². The highest BCUT2D eigenvalue weighted by atomic mass is 32.2. The summed E-state index contributed by atoms with van der Waals surface area (Å²) in [4.78, 5) is 12.7. The number of rotatable bonds is 9. The van der Waals surface area contributed by atoms with Gasteiger partial charge in [-0.25, -0.2) is 8.42 Å². The van der Waals surface area contributed by atoms with Gasteiger partial charge >= 0.3 is 0 Å². The Balaban J connectivity index is 2.04. The average molecular weight is 404 g/mol. The molecule has 0 spiro atoms. The first kappa shape index (κ1) is 22.1. The van der Waals surface area contributed by atoms with E-state index in [9.17, 15) is 13.2 Å². The van der Waals surface area contributed by atoms with E-state index in [1.165, 1.54) is 0 Å². The van der Waals surface area contributed by atoms with Crippen molar-refractivity contribution in [1.82, 2.24) is 5.32 Å². The van der Waals surface area contributed by atoms with Gasteiger partial charge in [0.1, 0.15) is 5.60 Å². The van der Waals surface area contributed by atoms with Crippen LogP contribution in [0.2, 0.25) is 0 Å². The molecule has 28 heavy (non-hydrogen) atoms. The molecule has 0 heterocycles. The first-order valence-electron chi connectivity index (χ1n) is 9.45. The van der Waals surface area contributed by atoms with Crippen LogP contribution in [-0.2, 0) is 31.4 Å².